The SMILES string of the molecule is c1ccc(-c2ccc(N(c3ccc(-c4ccccc4)cc3)c3ccc4c(ccc5ccc6sc(-c7ccccc7)nc6c54)c3)cc2)cc1. The molecule has 0 saturated carbocycles. The van der Waals surface area contributed by atoms with E-state index in [4.69, 9.17) is 4.98 Å². The van der Waals surface area contributed by atoms with Gasteiger partial charge in [0.2, 0.25) is 0 Å². The number of aromatic nitrogens is 1. The number of anilines is 3. The van der Waals surface area contributed by atoms with Gasteiger partial charge in [-0.3, -0.25) is 0 Å². The van der Waals surface area contributed by atoms with Crippen LogP contribution in [0.5, 0.6) is 0 Å². The van der Waals surface area contributed by atoms with Crippen molar-refractivity contribution in [1.82, 2.24) is 4.98 Å². The van der Waals surface area contributed by atoms with E-state index in [0.29, 0.717) is 0 Å². The molecule has 0 aliphatic heterocycles. The monoisotopic (exact) mass is 630 g/mol. The summed E-state index contributed by atoms with van der Waals surface area (Å²) >= 11 is 1.76. The van der Waals surface area contributed by atoms with E-state index in [-0.39, 0.29) is 0 Å². The number of hydrogen-bond acceptors (Lipinski definition) is 3. The van der Waals surface area contributed by atoms with E-state index in [9.17, 15) is 0 Å². The Bertz CT molecular complexity index is 2440. The summed E-state index contributed by atoms with van der Waals surface area (Å²) in [5.74, 6) is 0. The van der Waals surface area contributed by atoms with E-state index in [2.05, 4.69) is 187 Å². The number of nitrogens with zero attached hydrogens (tertiary/aromatic N) is 2. The van der Waals surface area contributed by atoms with Crippen LogP contribution in [0.3, 0.4) is 0 Å². The van der Waals surface area contributed by atoms with Gasteiger partial charge in [0.25, 0.3) is 0 Å². The fourth-order valence-electron chi connectivity index (χ4n) is 6.68. The highest BCUT2D eigenvalue weighted by Crippen LogP contribution is 2.41. The Hall–Kier alpha value is -6.03. The summed E-state index contributed by atoms with van der Waals surface area (Å²) < 4.78 is 1.21. The summed E-state index contributed by atoms with van der Waals surface area (Å²) in [6.07, 6.45) is 0. The van der Waals surface area contributed by atoms with Crippen molar-refractivity contribution in [2.24, 2.45) is 0 Å². The third-order valence-electron chi connectivity index (χ3n) is 9.08. The van der Waals surface area contributed by atoms with Gasteiger partial charge in [-0.2, -0.15) is 0 Å². The summed E-state index contributed by atoms with van der Waals surface area (Å²) in [5, 5.41) is 5.87. The fourth-order valence-corrected chi connectivity index (χ4v) is 7.66. The highest BCUT2D eigenvalue weighted by Gasteiger charge is 2.16. The average Bonchev–Trinajstić information content (AvgIpc) is 3.61. The number of thiazole rings is 1. The molecule has 0 atom stereocenters. The zero-order valence-electron chi connectivity index (χ0n) is 26.1. The van der Waals surface area contributed by atoms with E-state index in [1.54, 1.807) is 11.3 Å². The predicted octanol–water partition coefficient (Wildman–Crippen LogP) is 13.1. The lowest BCUT2D eigenvalue weighted by Crippen LogP contribution is -2.09. The first kappa shape index (κ1) is 28.2. The fraction of sp³-hybridized carbons (Fsp3) is 0. The van der Waals surface area contributed by atoms with Gasteiger partial charge in [-0.1, -0.05) is 140 Å². The molecule has 48 heavy (non-hydrogen) atoms. The lowest BCUT2D eigenvalue weighted by molar-refractivity contribution is 1.29. The molecule has 0 aliphatic rings. The minimum Gasteiger partial charge on any atom is -0.310 e. The normalized spacial score (nSPS) is 11.3. The standard InChI is InChI=1S/C45H30N2S/c1-4-10-31(11-5-1)33-18-23-38(24-19-33)47(39-25-20-34(21-26-39)32-12-6-2-7-13-32)40-27-28-41-37(30-40)17-16-35-22-29-42-44(43(35)41)46-45(48-42)36-14-8-3-9-15-36/h1-30H. The Morgan fingerprint density at radius 3 is 1.46 bits per heavy atom. The van der Waals surface area contributed by atoms with Crippen LogP contribution in [0, 0.1) is 0 Å². The third kappa shape index (κ3) is 5.11. The van der Waals surface area contributed by atoms with Crippen LogP contribution in [0.25, 0.3) is 64.6 Å². The Kier molecular flexibility index (Phi) is 7.03. The molecule has 0 aliphatic carbocycles. The quantitative estimate of drug-likeness (QED) is 0.170. The van der Waals surface area contributed by atoms with Gasteiger partial charge in [0, 0.05) is 28.0 Å². The number of fused-ring (bicyclic) bond motifs is 5. The van der Waals surface area contributed by atoms with Crippen LogP contribution in [0.1, 0.15) is 0 Å². The largest absolute Gasteiger partial charge is 0.310 e. The van der Waals surface area contributed by atoms with Crippen LogP contribution in [0.2, 0.25) is 0 Å². The third-order valence-corrected chi connectivity index (χ3v) is 10.2. The zero-order chi connectivity index (χ0) is 31.9. The molecule has 8 aromatic carbocycles. The highest BCUT2D eigenvalue weighted by atomic mass is 32.1. The summed E-state index contributed by atoms with van der Waals surface area (Å²) in [4.78, 5) is 7.54. The Morgan fingerprint density at radius 2 is 0.875 bits per heavy atom. The molecule has 0 saturated heterocycles. The second kappa shape index (κ2) is 12.0. The van der Waals surface area contributed by atoms with Crippen molar-refractivity contribution in [3.63, 3.8) is 0 Å². The van der Waals surface area contributed by atoms with Crippen molar-refractivity contribution in [3.8, 4) is 32.8 Å². The van der Waals surface area contributed by atoms with Gasteiger partial charge < -0.3 is 4.90 Å². The number of benzene rings is 8. The van der Waals surface area contributed by atoms with Crippen molar-refractivity contribution in [3.05, 3.63) is 182 Å². The van der Waals surface area contributed by atoms with Crippen molar-refractivity contribution in [1.29, 1.82) is 0 Å². The molecule has 0 N–H and O–H groups in total. The van der Waals surface area contributed by atoms with Gasteiger partial charge in [0.15, 0.2) is 0 Å². The molecule has 226 valence electrons. The summed E-state index contributed by atoms with van der Waals surface area (Å²) in [5.41, 5.74) is 10.4. The topological polar surface area (TPSA) is 16.1 Å². The summed E-state index contributed by atoms with van der Waals surface area (Å²) in [6, 6.07) is 65.1. The van der Waals surface area contributed by atoms with Crippen LogP contribution >= 0.6 is 11.3 Å². The first-order valence-electron chi connectivity index (χ1n) is 16.2. The van der Waals surface area contributed by atoms with Gasteiger partial charge in [0.1, 0.15) is 5.01 Å². The first-order valence-corrected chi connectivity index (χ1v) is 17.0. The Balaban J connectivity index is 1.18. The second-order valence-corrected chi connectivity index (χ2v) is 13.1. The summed E-state index contributed by atoms with van der Waals surface area (Å²) in [6.45, 7) is 0. The van der Waals surface area contributed by atoms with Crippen LogP contribution < -0.4 is 4.90 Å². The molecule has 0 radical (unpaired) electrons. The average molecular weight is 631 g/mol. The van der Waals surface area contributed by atoms with E-state index < -0.39 is 0 Å². The van der Waals surface area contributed by atoms with Gasteiger partial charge in [0.05, 0.1) is 10.2 Å². The maximum absolute atomic E-state index is 5.19. The molecule has 3 heteroatoms. The van der Waals surface area contributed by atoms with Gasteiger partial charge in [-0.25, -0.2) is 4.98 Å². The molecule has 1 heterocycles. The molecular formula is C45H30N2S. The first-order chi connectivity index (χ1) is 23.8. The number of hydrogen-bond donors (Lipinski definition) is 0. The van der Waals surface area contributed by atoms with Crippen LogP contribution in [0.4, 0.5) is 17.1 Å². The van der Waals surface area contributed by atoms with Crippen molar-refractivity contribution < 1.29 is 0 Å². The molecular weight excluding hydrogens is 601 g/mol. The van der Waals surface area contributed by atoms with Gasteiger partial charge >= 0.3 is 0 Å². The molecule has 2 nitrogen and oxygen atoms in total. The Labute approximate surface area is 283 Å². The molecule has 0 unspecified atom stereocenters. The molecule has 0 fully saturated rings. The molecule has 0 bridgehead atoms. The maximum atomic E-state index is 5.19. The van der Waals surface area contributed by atoms with Crippen LogP contribution in [-0.4, -0.2) is 4.98 Å². The smallest absolute Gasteiger partial charge is 0.124 e. The van der Waals surface area contributed by atoms with E-state index in [1.807, 2.05) is 0 Å². The van der Waals surface area contributed by atoms with Crippen LogP contribution in [-0.2, 0) is 0 Å². The summed E-state index contributed by atoms with van der Waals surface area (Å²) in [7, 11) is 0. The predicted molar refractivity (Wildman–Crippen MR) is 206 cm³/mol. The minimum atomic E-state index is 1.05. The van der Waals surface area contributed by atoms with E-state index in [1.165, 1.54) is 48.5 Å². The van der Waals surface area contributed by atoms with Gasteiger partial charge in [-0.05, 0) is 80.9 Å². The lowest BCUT2D eigenvalue weighted by Gasteiger charge is -2.26. The molecule has 0 amide bonds. The molecule has 9 aromatic rings. The Morgan fingerprint density at radius 1 is 0.396 bits per heavy atom. The van der Waals surface area contributed by atoms with Crippen molar-refractivity contribution in [2.75, 3.05) is 4.90 Å². The molecule has 9 rings (SSSR count). The van der Waals surface area contributed by atoms with Crippen molar-refractivity contribution >= 4 is 60.2 Å². The minimum absolute atomic E-state index is 1.05. The van der Waals surface area contributed by atoms with E-state index in [0.717, 1.165) is 33.1 Å². The van der Waals surface area contributed by atoms with E-state index >= 15 is 0 Å². The zero-order valence-corrected chi connectivity index (χ0v) is 26.9. The van der Waals surface area contributed by atoms with Crippen LogP contribution in [0.15, 0.2) is 182 Å². The molecule has 0 spiro atoms. The highest BCUT2D eigenvalue weighted by molar-refractivity contribution is 7.21. The molecule has 1 aromatic heterocycles. The second-order valence-electron chi connectivity index (χ2n) is 12.0. The number of rotatable bonds is 6. The lowest BCUT2D eigenvalue weighted by atomic mass is 9.99. The van der Waals surface area contributed by atoms with Gasteiger partial charge in [-0.15, -0.1) is 11.3 Å². The maximum Gasteiger partial charge on any atom is 0.124 e. The van der Waals surface area contributed by atoms with Crippen molar-refractivity contribution in [2.45, 2.75) is 0 Å².